The van der Waals surface area contributed by atoms with Gasteiger partial charge in [0, 0.05) is 29.6 Å². The number of nitrogens with zero attached hydrogens (tertiary/aromatic N) is 2. The number of aliphatic hydroxyl groups is 1. The molecule has 1 aromatic heterocycles. The van der Waals surface area contributed by atoms with E-state index in [2.05, 4.69) is 5.32 Å². The zero-order valence-electron chi connectivity index (χ0n) is 16.6. The van der Waals surface area contributed by atoms with Crippen LogP contribution in [0.25, 0.3) is 11.3 Å². The molecule has 1 aromatic carbocycles. The highest BCUT2D eigenvalue weighted by Crippen LogP contribution is 2.38. The smallest absolute Gasteiger partial charge is 0.216 e. The van der Waals surface area contributed by atoms with Crippen LogP contribution in [0.2, 0.25) is 0 Å². The number of rotatable bonds is 4. The summed E-state index contributed by atoms with van der Waals surface area (Å²) in [5, 5.41) is 14.4. The van der Waals surface area contributed by atoms with Crippen LogP contribution in [-0.2, 0) is 17.6 Å². The number of anilines is 1. The maximum atomic E-state index is 13.8. The number of nitrogens with one attached hydrogen (secondary N) is 1. The summed E-state index contributed by atoms with van der Waals surface area (Å²) < 4.78 is 19.1. The molecule has 1 unspecified atom stereocenters. The van der Waals surface area contributed by atoms with E-state index in [0.29, 0.717) is 18.6 Å². The summed E-state index contributed by atoms with van der Waals surface area (Å²) >= 11 is 1.74. The van der Waals surface area contributed by atoms with Gasteiger partial charge in [-0.15, -0.1) is 11.3 Å². The molecule has 1 atom stereocenters. The predicted molar refractivity (Wildman–Crippen MR) is 112 cm³/mol. The Morgan fingerprint density at radius 3 is 2.90 bits per heavy atom. The highest BCUT2D eigenvalue weighted by Gasteiger charge is 2.29. The Kier molecular flexibility index (Phi) is 5.56. The Hall–Kier alpha value is -1.54. The molecule has 1 aliphatic heterocycles. The fourth-order valence-electron chi connectivity index (χ4n) is 4.89. The highest BCUT2D eigenvalue weighted by atomic mass is 32.1. The van der Waals surface area contributed by atoms with Crippen molar-refractivity contribution in [1.82, 2.24) is 9.88 Å². The van der Waals surface area contributed by atoms with Gasteiger partial charge in [-0.1, -0.05) is 6.07 Å². The van der Waals surface area contributed by atoms with Gasteiger partial charge < -0.3 is 15.2 Å². The molecular formula is C22H28FN3O2S. The van der Waals surface area contributed by atoms with Crippen molar-refractivity contribution in [3.63, 3.8) is 0 Å². The van der Waals surface area contributed by atoms with Gasteiger partial charge in [0.25, 0.3) is 0 Å². The predicted octanol–water partition coefficient (Wildman–Crippen LogP) is 4.02. The third kappa shape index (κ3) is 4.19. The van der Waals surface area contributed by atoms with Crippen LogP contribution < -0.4 is 5.32 Å². The SMILES string of the molecule is OC1OCCN1CC1CCC(Nc2nc3c(s2)CCCc2ccc(F)cc2-3)CC1. The minimum Gasteiger partial charge on any atom is -0.359 e. The van der Waals surface area contributed by atoms with Crippen molar-refractivity contribution in [3.8, 4) is 11.3 Å². The van der Waals surface area contributed by atoms with Gasteiger partial charge in [-0.3, -0.25) is 4.90 Å². The van der Waals surface area contributed by atoms with Gasteiger partial charge in [-0.2, -0.15) is 0 Å². The molecule has 2 fully saturated rings. The Labute approximate surface area is 174 Å². The molecule has 0 spiro atoms. The molecule has 5 rings (SSSR count). The molecule has 2 heterocycles. The molecule has 2 aromatic rings. The zero-order valence-corrected chi connectivity index (χ0v) is 17.4. The molecule has 5 nitrogen and oxygen atoms in total. The number of aliphatic hydroxyl groups excluding tert-OH is 1. The van der Waals surface area contributed by atoms with Gasteiger partial charge in [0.1, 0.15) is 5.82 Å². The first-order chi connectivity index (χ1) is 14.2. The van der Waals surface area contributed by atoms with Gasteiger partial charge >= 0.3 is 0 Å². The van der Waals surface area contributed by atoms with Gasteiger partial charge in [0.05, 0.1) is 12.3 Å². The van der Waals surface area contributed by atoms with E-state index in [1.807, 2.05) is 11.0 Å². The van der Waals surface area contributed by atoms with Gasteiger partial charge in [0.2, 0.25) is 6.41 Å². The minimum absolute atomic E-state index is 0.189. The van der Waals surface area contributed by atoms with Crippen molar-refractivity contribution in [2.24, 2.45) is 5.92 Å². The Morgan fingerprint density at radius 1 is 1.24 bits per heavy atom. The van der Waals surface area contributed by atoms with E-state index in [4.69, 9.17) is 9.72 Å². The number of aromatic nitrogens is 1. The third-order valence-corrected chi connectivity index (χ3v) is 7.55. The summed E-state index contributed by atoms with van der Waals surface area (Å²) in [7, 11) is 0. The number of ether oxygens (including phenoxy) is 1. The molecule has 156 valence electrons. The number of fused-ring (bicyclic) bond motifs is 3. The Morgan fingerprint density at radius 2 is 2.10 bits per heavy atom. The summed E-state index contributed by atoms with van der Waals surface area (Å²) in [5.74, 6) is 0.429. The van der Waals surface area contributed by atoms with Crippen molar-refractivity contribution < 1.29 is 14.2 Å². The highest BCUT2D eigenvalue weighted by molar-refractivity contribution is 7.16. The van der Waals surface area contributed by atoms with Crippen molar-refractivity contribution >= 4 is 16.5 Å². The molecule has 0 amide bonds. The molecule has 1 saturated carbocycles. The standard InChI is InChI=1S/C22H28FN3O2S/c23-16-7-6-15-2-1-3-19-20(18(15)12-16)25-21(29-19)24-17-8-4-14(5-9-17)13-26-10-11-28-22(26)27/h6-7,12,14,17,22,27H,1-5,8-11,13H2,(H,24,25). The largest absolute Gasteiger partial charge is 0.359 e. The van der Waals surface area contributed by atoms with Gasteiger partial charge in [0.15, 0.2) is 5.13 Å². The maximum absolute atomic E-state index is 13.8. The minimum atomic E-state index is -0.718. The van der Waals surface area contributed by atoms with E-state index in [9.17, 15) is 9.50 Å². The summed E-state index contributed by atoms with van der Waals surface area (Å²) in [6, 6.07) is 5.55. The van der Waals surface area contributed by atoms with Crippen LogP contribution >= 0.6 is 11.3 Å². The lowest BCUT2D eigenvalue weighted by atomic mass is 9.86. The molecule has 3 aliphatic rings. The van der Waals surface area contributed by atoms with E-state index in [1.54, 1.807) is 23.5 Å². The number of hydrogen-bond acceptors (Lipinski definition) is 6. The third-order valence-electron chi connectivity index (χ3n) is 6.50. The van der Waals surface area contributed by atoms with Crippen molar-refractivity contribution in [2.75, 3.05) is 25.0 Å². The molecule has 7 heteroatoms. The average Bonchev–Trinajstić information content (AvgIpc) is 3.26. The van der Waals surface area contributed by atoms with Crippen LogP contribution in [-0.4, -0.2) is 47.1 Å². The second kappa shape index (κ2) is 8.30. The number of thiazole rings is 1. The monoisotopic (exact) mass is 417 g/mol. The fourth-order valence-corrected chi connectivity index (χ4v) is 5.98. The summed E-state index contributed by atoms with van der Waals surface area (Å²) in [5.41, 5.74) is 3.15. The number of halogens is 1. The first-order valence-electron chi connectivity index (χ1n) is 10.7. The normalized spacial score (nSPS) is 27.3. The van der Waals surface area contributed by atoms with Crippen molar-refractivity contribution in [2.45, 2.75) is 57.4 Å². The molecule has 0 bridgehead atoms. The zero-order chi connectivity index (χ0) is 19.8. The topological polar surface area (TPSA) is 57.6 Å². The molecule has 1 saturated heterocycles. The lowest BCUT2D eigenvalue weighted by Gasteiger charge is -2.31. The lowest BCUT2D eigenvalue weighted by molar-refractivity contribution is -0.137. The molecule has 2 aliphatic carbocycles. The summed E-state index contributed by atoms with van der Waals surface area (Å²) in [6.45, 7) is 2.37. The van der Waals surface area contributed by atoms with Crippen molar-refractivity contribution in [3.05, 3.63) is 34.5 Å². The second-order valence-electron chi connectivity index (χ2n) is 8.50. The van der Waals surface area contributed by atoms with Crippen LogP contribution in [0.15, 0.2) is 18.2 Å². The Balaban J connectivity index is 1.22. The van der Waals surface area contributed by atoms with Crippen LogP contribution in [0.1, 0.15) is 42.5 Å². The maximum Gasteiger partial charge on any atom is 0.216 e. The van der Waals surface area contributed by atoms with Crippen LogP contribution in [0.5, 0.6) is 0 Å². The molecular weight excluding hydrogens is 389 g/mol. The van der Waals surface area contributed by atoms with Crippen LogP contribution in [0.4, 0.5) is 9.52 Å². The average molecular weight is 418 g/mol. The lowest BCUT2D eigenvalue weighted by Crippen LogP contribution is -2.37. The van der Waals surface area contributed by atoms with Crippen molar-refractivity contribution in [1.29, 1.82) is 0 Å². The van der Waals surface area contributed by atoms with Gasteiger partial charge in [-0.05, 0) is 68.6 Å². The summed E-state index contributed by atoms with van der Waals surface area (Å²) in [6.07, 6.45) is 6.91. The second-order valence-corrected chi connectivity index (χ2v) is 9.58. The summed E-state index contributed by atoms with van der Waals surface area (Å²) in [4.78, 5) is 8.19. The quantitative estimate of drug-likeness (QED) is 0.787. The first kappa shape index (κ1) is 19.4. The molecule has 2 N–H and O–H groups in total. The van der Waals surface area contributed by atoms with Crippen LogP contribution in [0, 0.1) is 11.7 Å². The number of hydrogen-bond donors (Lipinski definition) is 2. The first-order valence-corrected chi connectivity index (χ1v) is 11.6. The van der Waals surface area contributed by atoms with Crippen LogP contribution in [0.3, 0.4) is 0 Å². The molecule has 0 radical (unpaired) electrons. The van der Waals surface area contributed by atoms with Gasteiger partial charge in [-0.25, -0.2) is 9.37 Å². The number of benzene rings is 1. The van der Waals surface area contributed by atoms with E-state index in [-0.39, 0.29) is 5.82 Å². The van der Waals surface area contributed by atoms with E-state index in [0.717, 1.165) is 74.4 Å². The fraction of sp³-hybridized carbons (Fsp3) is 0.591. The van der Waals surface area contributed by atoms with E-state index >= 15 is 0 Å². The van der Waals surface area contributed by atoms with E-state index < -0.39 is 6.41 Å². The van der Waals surface area contributed by atoms with E-state index in [1.165, 1.54) is 10.4 Å². The number of aryl methyl sites for hydroxylation is 2. The Bertz CT molecular complexity index is 866. The molecule has 29 heavy (non-hydrogen) atoms.